The molecule has 3 rings (SSSR count). The lowest BCUT2D eigenvalue weighted by atomic mass is 10.3. The minimum atomic E-state index is -0.522. The molecule has 7 nitrogen and oxygen atoms in total. The fourth-order valence-electron chi connectivity index (χ4n) is 1.90. The number of nitrogens with zero attached hydrogens (tertiary/aromatic N) is 4. The van der Waals surface area contributed by atoms with Crippen molar-refractivity contribution < 1.29 is 9.21 Å². The summed E-state index contributed by atoms with van der Waals surface area (Å²) in [5.74, 6) is 0.280. The SMILES string of the molecule is C[C@H](C(=O)N/N=C\c1ccco1)n1nnc2ccccc21. The molecule has 0 aliphatic heterocycles. The molecular formula is C14H13N5O2. The molecule has 106 valence electrons. The van der Waals surface area contributed by atoms with Gasteiger partial charge in [-0.2, -0.15) is 5.10 Å². The number of rotatable bonds is 4. The Balaban J connectivity index is 1.72. The van der Waals surface area contributed by atoms with Crippen LogP contribution in [-0.4, -0.2) is 27.1 Å². The molecule has 1 amide bonds. The Labute approximate surface area is 120 Å². The van der Waals surface area contributed by atoms with E-state index in [0.29, 0.717) is 5.76 Å². The zero-order valence-corrected chi connectivity index (χ0v) is 11.3. The highest BCUT2D eigenvalue weighted by atomic mass is 16.3. The number of carbonyl (C=O) groups is 1. The van der Waals surface area contributed by atoms with Crippen LogP contribution >= 0.6 is 0 Å². The van der Waals surface area contributed by atoms with E-state index in [0.717, 1.165) is 11.0 Å². The third-order valence-corrected chi connectivity index (χ3v) is 3.03. The van der Waals surface area contributed by atoms with Crippen molar-refractivity contribution in [3.05, 3.63) is 48.4 Å². The van der Waals surface area contributed by atoms with Crippen LogP contribution in [0.2, 0.25) is 0 Å². The number of amides is 1. The molecule has 0 bridgehead atoms. The second-order valence-corrected chi connectivity index (χ2v) is 4.45. The van der Waals surface area contributed by atoms with Crippen LogP contribution in [-0.2, 0) is 4.79 Å². The summed E-state index contributed by atoms with van der Waals surface area (Å²) in [7, 11) is 0. The van der Waals surface area contributed by atoms with Crippen LogP contribution in [0.5, 0.6) is 0 Å². The first-order chi connectivity index (χ1) is 10.3. The number of para-hydroxylation sites is 1. The molecule has 0 saturated carbocycles. The van der Waals surface area contributed by atoms with Gasteiger partial charge >= 0.3 is 0 Å². The molecule has 21 heavy (non-hydrogen) atoms. The lowest BCUT2D eigenvalue weighted by Gasteiger charge is -2.10. The van der Waals surface area contributed by atoms with Gasteiger partial charge in [0, 0.05) is 0 Å². The molecule has 2 aromatic heterocycles. The summed E-state index contributed by atoms with van der Waals surface area (Å²) in [6.45, 7) is 1.73. The van der Waals surface area contributed by atoms with Crippen molar-refractivity contribution >= 4 is 23.2 Å². The summed E-state index contributed by atoms with van der Waals surface area (Å²) >= 11 is 0. The monoisotopic (exact) mass is 283 g/mol. The topological polar surface area (TPSA) is 85.3 Å². The minimum Gasteiger partial charge on any atom is -0.463 e. The van der Waals surface area contributed by atoms with Crippen LogP contribution < -0.4 is 5.43 Å². The Kier molecular flexibility index (Phi) is 3.46. The van der Waals surface area contributed by atoms with Gasteiger partial charge < -0.3 is 4.42 Å². The summed E-state index contributed by atoms with van der Waals surface area (Å²) in [6, 6.07) is 10.4. The van der Waals surface area contributed by atoms with Gasteiger partial charge in [0.05, 0.1) is 18.0 Å². The second kappa shape index (κ2) is 5.58. The van der Waals surface area contributed by atoms with Crippen LogP contribution in [0.1, 0.15) is 18.7 Å². The number of fused-ring (bicyclic) bond motifs is 1. The van der Waals surface area contributed by atoms with Gasteiger partial charge in [0.1, 0.15) is 17.3 Å². The fraction of sp³-hybridized carbons (Fsp3) is 0.143. The maximum absolute atomic E-state index is 12.1. The highest BCUT2D eigenvalue weighted by Gasteiger charge is 2.18. The molecule has 0 spiro atoms. The number of furan rings is 1. The number of hydrazone groups is 1. The van der Waals surface area contributed by atoms with Gasteiger partial charge in [0.15, 0.2) is 0 Å². The van der Waals surface area contributed by atoms with E-state index in [9.17, 15) is 4.79 Å². The average Bonchev–Trinajstić information content (AvgIpc) is 3.15. The summed E-state index contributed by atoms with van der Waals surface area (Å²) in [5.41, 5.74) is 4.00. The number of hydrogen-bond acceptors (Lipinski definition) is 5. The average molecular weight is 283 g/mol. The Morgan fingerprint density at radius 2 is 2.24 bits per heavy atom. The van der Waals surface area contributed by atoms with Crippen molar-refractivity contribution in [2.75, 3.05) is 0 Å². The molecule has 0 radical (unpaired) electrons. The number of nitrogens with one attached hydrogen (secondary N) is 1. The normalized spacial score (nSPS) is 12.8. The minimum absolute atomic E-state index is 0.284. The first kappa shape index (κ1) is 13.0. The molecule has 0 aliphatic rings. The molecule has 1 atom stereocenters. The van der Waals surface area contributed by atoms with Crippen molar-refractivity contribution in [2.24, 2.45) is 5.10 Å². The number of carbonyl (C=O) groups excluding carboxylic acids is 1. The molecule has 0 fully saturated rings. The lowest BCUT2D eigenvalue weighted by Crippen LogP contribution is -2.28. The van der Waals surface area contributed by atoms with Gasteiger partial charge in [-0.25, -0.2) is 10.1 Å². The molecule has 0 saturated heterocycles. The Bertz CT molecular complexity index is 776. The molecule has 3 aromatic rings. The van der Waals surface area contributed by atoms with E-state index in [1.165, 1.54) is 12.5 Å². The standard InChI is InChI=1S/C14H13N5O2/c1-10(14(20)17-15-9-11-5-4-8-21-11)19-13-7-3-2-6-12(13)16-18-19/h2-10H,1H3,(H,17,20)/b15-9-/t10-/m1/s1. The van der Waals surface area contributed by atoms with Crippen LogP contribution in [0.4, 0.5) is 0 Å². The van der Waals surface area contributed by atoms with E-state index >= 15 is 0 Å². The molecule has 0 aliphatic carbocycles. The summed E-state index contributed by atoms with van der Waals surface area (Å²) < 4.78 is 6.64. The van der Waals surface area contributed by atoms with Crippen molar-refractivity contribution in [3.8, 4) is 0 Å². The molecule has 7 heteroatoms. The maximum Gasteiger partial charge on any atom is 0.264 e. The first-order valence-corrected chi connectivity index (χ1v) is 6.42. The summed E-state index contributed by atoms with van der Waals surface area (Å²) in [4.78, 5) is 12.1. The van der Waals surface area contributed by atoms with Gasteiger partial charge in [-0.1, -0.05) is 17.3 Å². The smallest absolute Gasteiger partial charge is 0.264 e. The molecule has 1 aromatic carbocycles. The quantitative estimate of drug-likeness (QED) is 0.583. The number of aromatic nitrogens is 3. The number of hydrogen-bond donors (Lipinski definition) is 1. The van der Waals surface area contributed by atoms with Crippen LogP contribution in [0.25, 0.3) is 11.0 Å². The molecule has 1 N–H and O–H groups in total. The fourth-order valence-corrected chi connectivity index (χ4v) is 1.90. The zero-order chi connectivity index (χ0) is 14.7. The van der Waals surface area contributed by atoms with Gasteiger partial charge in [-0.15, -0.1) is 5.10 Å². The van der Waals surface area contributed by atoms with Crippen molar-refractivity contribution in [1.82, 2.24) is 20.4 Å². The van der Waals surface area contributed by atoms with E-state index in [-0.39, 0.29) is 5.91 Å². The molecular weight excluding hydrogens is 270 g/mol. The van der Waals surface area contributed by atoms with E-state index in [2.05, 4.69) is 20.8 Å². The predicted octanol–water partition coefficient (Wildman–Crippen LogP) is 1.74. The van der Waals surface area contributed by atoms with E-state index < -0.39 is 6.04 Å². The second-order valence-electron chi connectivity index (χ2n) is 4.45. The van der Waals surface area contributed by atoms with Crippen molar-refractivity contribution in [3.63, 3.8) is 0 Å². The molecule has 2 heterocycles. The molecule has 0 unspecified atom stereocenters. The van der Waals surface area contributed by atoms with Gasteiger partial charge in [-0.3, -0.25) is 4.79 Å². The van der Waals surface area contributed by atoms with E-state index in [4.69, 9.17) is 4.42 Å². The van der Waals surface area contributed by atoms with Gasteiger partial charge in [0.25, 0.3) is 5.91 Å². The van der Waals surface area contributed by atoms with E-state index in [1.807, 2.05) is 24.3 Å². The Morgan fingerprint density at radius 1 is 1.38 bits per heavy atom. The first-order valence-electron chi connectivity index (χ1n) is 6.42. The van der Waals surface area contributed by atoms with Crippen LogP contribution in [0.15, 0.2) is 52.2 Å². The van der Waals surface area contributed by atoms with Gasteiger partial charge in [0.2, 0.25) is 0 Å². The number of benzene rings is 1. The van der Waals surface area contributed by atoms with Crippen LogP contribution in [0.3, 0.4) is 0 Å². The summed E-state index contributed by atoms with van der Waals surface area (Å²) in [6.07, 6.45) is 2.97. The third kappa shape index (κ3) is 2.66. The van der Waals surface area contributed by atoms with Crippen molar-refractivity contribution in [2.45, 2.75) is 13.0 Å². The highest BCUT2D eigenvalue weighted by molar-refractivity contribution is 5.84. The van der Waals surface area contributed by atoms with Gasteiger partial charge in [-0.05, 0) is 31.2 Å². The zero-order valence-electron chi connectivity index (χ0n) is 11.3. The van der Waals surface area contributed by atoms with E-state index in [1.54, 1.807) is 23.7 Å². The lowest BCUT2D eigenvalue weighted by molar-refractivity contribution is -0.124. The third-order valence-electron chi connectivity index (χ3n) is 3.03. The maximum atomic E-state index is 12.1. The van der Waals surface area contributed by atoms with Crippen LogP contribution in [0, 0.1) is 0 Å². The van der Waals surface area contributed by atoms with Crippen molar-refractivity contribution in [1.29, 1.82) is 0 Å². The summed E-state index contributed by atoms with van der Waals surface area (Å²) in [5, 5.41) is 11.9. The largest absolute Gasteiger partial charge is 0.463 e. The Hall–Kier alpha value is -2.96. The predicted molar refractivity (Wildman–Crippen MR) is 76.7 cm³/mol. The highest BCUT2D eigenvalue weighted by Crippen LogP contribution is 2.15. The Morgan fingerprint density at radius 3 is 3.05 bits per heavy atom.